The Bertz CT molecular complexity index is 682. The van der Waals surface area contributed by atoms with Crippen molar-refractivity contribution in [3.63, 3.8) is 0 Å². The van der Waals surface area contributed by atoms with E-state index in [2.05, 4.69) is 11.1 Å². The molecule has 1 amide bonds. The highest BCUT2D eigenvalue weighted by Crippen LogP contribution is 2.24. The number of amides is 1. The highest BCUT2D eigenvalue weighted by atomic mass is 32.1. The molecule has 1 heterocycles. The molecular weight excluding hydrogens is 300 g/mol. The van der Waals surface area contributed by atoms with E-state index in [9.17, 15) is 9.59 Å². The van der Waals surface area contributed by atoms with E-state index in [1.807, 2.05) is 30.5 Å². The molecule has 0 unspecified atom stereocenters. The molecule has 0 aliphatic heterocycles. The first kappa shape index (κ1) is 16.2. The lowest BCUT2D eigenvalue weighted by Crippen LogP contribution is -2.30. The summed E-state index contributed by atoms with van der Waals surface area (Å²) in [5.74, 6) is -1.03. The molecule has 0 fully saturated rings. The lowest BCUT2D eigenvalue weighted by Gasteiger charge is -2.15. The molecule has 0 bridgehead atoms. The number of benzene rings is 1. The summed E-state index contributed by atoms with van der Waals surface area (Å²) >= 11 is 1.51. The minimum Gasteiger partial charge on any atom is -0.481 e. The number of carboxylic acids is 1. The summed E-state index contributed by atoms with van der Waals surface area (Å²) < 4.78 is 0. The van der Waals surface area contributed by atoms with Crippen LogP contribution in [-0.4, -0.2) is 40.5 Å². The number of carboxylic acid groups (broad SMARTS) is 1. The predicted octanol–water partition coefficient (Wildman–Crippen LogP) is 2.59. The highest BCUT2D eigenvalue weighted by molar-refractivity contribution is 7.13. The van der Waals surface area contributed by atoms with Crippen LogP contribution in [0.15, 0.2) is 29.6 Å². The highest BCUT2D eigenvalue weighted by Gasteiger charge is 2.13. The van der Waals surface area contributed by atoms with Gasteiger partial charge in [0.1, 0.15) is 5.01 Å². The average Bonchev–Trinajstić information content (AvgIpc) is 2.93. The summed E-state index contributed by atoms with van der Waals surface area (Å²) in [6, 6.07) is 8.06. The van der Waals surface area contributed by atoms with Gasteiger partial charge >= 0.3 is 5.97 Å². The van der Waals surface area contributed by atoms with Gasteiger partial charge < -0.3 is 10.0 Å². The van der Waals surface area contributed by atoms with E-state index in [4.69, 9.17) is 5.11 Å². The second-order valence-corrected chi connectivity index (χ2v) is 6.01. The first-order valence-electron chi connectivity index (χ1n) is 6.93. The molecule has 0 atom stereocenters. The molecular formula is C16H18N2O3S. The minimum atomic E-state index is -0.907. The van der Waals surface area contributed by atoms with Crippen molar-refractivity contribution in [3.05, 3.63) is 40.9 Å². The number of nitrogens with zero attached hydrogens (tertiary/aromatic N) is 2. The molecule has 22 heavy (non-hydrogen) atoms. The van der Waals surface area contributed by atoms with Crippen LogP contribution in [0.3, 0.4) is 0 Å². The van der Waals surface area contributed by atoms with Crippen LogP contribution in [0, 0.1) is 6.92 Å². The molecule has 1 aromatic heterocycles. The summed E-state index contributed by atoms with van der Waals surface area (Å²) in [5.41, 5.74) is 2.93. The smallest absolute Gasteiger partial charge is 0.305 e. The van der Waals surface area contributed by atoms with Gasteiger partial charge in [0.2, 0.25) is 5.91 Å². The van der Waals surface area contributed by atoms with Crippen molar-refractivity contribution >= 4 is 23.2 Å². The van der Waals surface area contributed by atoms with E-state index in [-0.39, 0.29) is 25.3 Å². The van der Waals surface area contributed by atoms with Gasteiger partial charge in [0.25, 0.3) is 0 Å². The first-order chi connectivity index (χ1) is 10.5. The number of aryl methyl sites for hydroxylation is 1. The van der Waals surface area contributed by atoms with Gasteiger partial charge in [0, 0.05) is 24.5 Å². The first-order valence-corrected chi connectivity index (χ1v) is 7.81. The fourth-order valence-corrected chi connectivity index (χ4v) is 2.79. The molecule has 1 aromatic carbocycles. The lowest BCUT2D eigenvalue weighted by atomic mass is 10.1. The molecule has 5 nitrogen and oxygen atoms in total. The van der Waals surface area contributed by atoms with Gasteiger partial charge in [-0.3, -0.25) is 9.59 Å². The van der Waals surface area contributed by atoms with Crippen LogP contribution in [0.1, 0.15) is 17.7 Å². The van der Waals surface area contributed by atoms with E-state index in [0.29, 0.717) is 5.69 Å². The van der Waals surface area contributed by atoms with E-state index >= 15 is 0 Å². The number of rotatable bonds is 6. The van der Waals surface area contributed by atoms with Crippen molar-refractivity contribution in [2.75, 3.05) is 13.6 Å². The lowest BCUT2D eigenvalue weighted by molar-refractivity contribution is -0.138. The Morgan fingerprint density at radius 3 is 2.82 bits per heavy atom. The monoisotopic (exact) mass is 318 g/mol. The van der Waals surface area contributed by atoms with Crippen molar-refractivity contribution in [1.29, 1.82) is 0 Å². The summed E-state index contributed by atoms with van der Waals surface area (Å²) in [4.78, 5) is 28.5. The quantitative estimate of drug-likeness (QED) is 0.889. The Hall–Kier alpha value is -2.21. The second kappa shape index (κ2) is 7.17. The molecule has 0 spiro atoms. The van der Waals surface area contributed by atoms with E-state index < -0.39 is 5.97 Å². The third kappa shape index (κ3) is 4.39. The van der Waals surface area contributed by atoms with Gasteiger partial charge in [-0.1, -0.05) is 23.8 Å². The molecule has 6 heteroatoms. The predicted molar refractivity (Wildman–Crippen MR) is 85.9 cm³/mol. The summed E-state index contributed by atoms with van der Waals surface area (Å²) in [6.45, 7) is 2.24. The van der Waals surface area contributed by atoms with E-state index in [1.165, 1.54) is 21.8 Å². The van der Waals surface area contributed by atoms with Crippen LogP contribution in [0.5, 0.6) is 0 Å². The summed E-state index contributed by atoms with van der Waals surface area (Å²) in [6.07, 6.45) is 0.145. The number of likely N-dealkylation sites (N-methyl/N-ethyl adjacent to an activating group) is 1. The van der Waals surface area contributed by atoms with Crippen LogP contribution in [0.2, 0.25) is 0 Å². The summed E-state index contributed by atoms with van der Waals surface area (Å²) in [5, 5.41) is 11.4. The maximum absolute atomic E-state index is 12.0. The Morgan fingerprint density at radius 2 is 2.14 bits per heavy atom. The molecule has 1 N–H and O–H groups in total. The standard InChI is InChI=1S/C16H18N2O3S/c1-11-4-3-5-12(8-11)16-17-13(10-22-16)9-14(19)18(2)7-6-15(20)21/h3-5,8,10H,6-7,9H2,1-2H3,(H,20,21). The molecule has 0 aliphatic carbocycles. The normalized spacial score (nSPS) is 10.5. The topological polar surface area (TPSA) is 70.5 Å². The third-order valence-corrected chi connectivity index (χ3v) is 4.18. The van der Waals surface area contributed by atoms with Gasteiger partial charge in [0.15, 0.2) is 0 Å². The van der Waals surface area contributed by atoms with Crippen molar-refractivity contribution < 1.29 is 14.7 Å². The number of aliphatic carboxylic acids is 1. The van der Waals surface area contributed by atoms with Gasteiger partial charge in [-0.15, -0.1) is 11.3 Å². The van der Waals surface area contributed by atoms with Gasteiger partial charge in [-0.2, -0.15) is 0 Å². The SMILES string of the molecule is Cc1cccc(-c2nc(CC(=O)N(C)CCC(=O)O)cs2)c1. The van der Waals surface area contributed by atoms with Crippen LogP contribution in [0.4, 0.5) is 0 Å². The van der Waals surface area contributed by atoms with Gasteiger partial charge in [0.05, 0.1) is 18.5 Å². The Morgan fingerprint density at radius 1 is 1.36 bits per heavy atom. The maximum Gasteiger partial charge on any atom is 0.305 e. The van der Waals surface area contributed by atoms with Crippen LogP contribution >= 0.6 is 11.3 Å². The fraction of sp³-hybridized carbons (Fsp3) is 0.312. The molecule has 2 aromatic rings. The van der Waals surface area contributed by atoms with Crippen LogP contribution in [-0.2, 0) is 16.0 Å². The van der Waals surface area contributed by atoms with E-state index in [1.54, 1.807) is 7.05 Å². The van der Waals surface area contributed by atoms with Crippen molar-refractivity contribution in [2.45, 2.75) is 19.8 Å². The Balaban J connectivity index is 2.00. The second-order valence-electron chi connectivity index (χ2n) is 5.15. The molecule has 116 valence electrons. The molecule has 2 rings (SSSR count). The number of aromatic nitrogens is 1. The van der Waals surface area contributed by atoms with Crippen LogP contribution < -0.4 is 0 Å². The minimum absolute atomic E-state index is 0.0478. The number of hydrogen-bond donors (Lipinski definition) is 1. The zero-order valence-corrected chi connectivity index (χ0v) is 13.4. The zero-order valence-electron chi connectivity index (χ0n) is 12.6. The maximum atomic E-state index is 12.0. The average molecular weight is 318 g/mol. The number of hydrogen-bond acceptors (Lipinski definition) is 4. The largest absolute Gasteiger partial charge is 0.481 e. The van der Waals surface area contributed by atoms with Gasteiger partial charge in [-0.25, -0.2) is 4.98 Å². The van der Waals surface area contributed by atoms with Crippen molar-refractivity contribution in [2.24, 2.45) is 0 Å². The third-order valence-electron chi connectivity index (χ3n) is 3.24. The van der Waals surface area contributed by atoms with E-state index in [0.717, 1.165) is 10.6 Å². The van der Waals surface area contributed by atoms with Crippen LogP contribution in [0.25, 0.3) is 10.6 Å². The number of carbonyl (C=O) groups excluding carboxylic acids is 1. The molecule has 0 saturated heterocycles. The zero-order chi connectivity index (χ0) is 16.1. The summed E-state index contributed by atoms with van der Waals surface area (Å²) in [7, 11) is 1.61. The van der Waals surface area contributed by atoms with Gasteiger partial charge in [-0.05, 0) is 13.0 Å². The fourth-order valence-electron chi connectivity index (χ4n) is 1.98. The Labute approximate surface area is 133 Å². The number of thiazole rings is 1. The molecule has 0 saturated carbocycles. The molecule has 0 aliphatic rings. The Kier molecular flexibility index (Phi) is 5.27. The molecule has 0 radical (unpaired) electrons. The van der Waals surface area contributed by atoms with Crippen molar-refractivity contribution in [1.82, 2.24) is 9.88 Å². The van der Waals surface area contributed by atoms with Crippen molar-refractivity contribution in [3.8, 4) is 10.6 Å². The number of carbonyl (C=O) groups is 2.